The lowest BCUT2D eigenvalue weighted by molar-refractivity contribution is -0.277. The van der Waals surface area contributed by atoms with E-state index in [0.29, 0.717) is 0 Å². The molecule has 0 spiro atoms. The highest BCUT2D eigenvalue weighted by atomic mass is 16.7. The summed E-state index contributed by atoms with van der Waals surface area (Å²) in [7, 11) is 0. The molecular formula is C17H26O8. The smallest absolute Gasteiger partial charge is 0.341 e. The maximum Gasteiger partial charge on any atom is 0.341 e. The second-order valence-electron chi connectivity index (χ2n) is 5.03. The van der Waals surface area contributed by atoms with E-state index in [1.54, 1.807) is 19.1 Å². The van der Waals surface area contributed by atoms with Crippen molar-refractivity contribution >= 4 is 5.97 Å². The molecule has 2 rings (SSSR count). The number of rotatable bonds is 5. The van der Waals surface area contributed by atoms with Crippen molar-refractivity contribution in [1.82, 2.24) is 0 Å². The fourth-order valence-electron chi connectivity index (χ4n) is 2.24. The predicted molar refractivity (Wildman–Crippen MR) is 88.1 cm³/mol. The highest BCUT2D eigenvalue weighted by Crippen LogP contribution is 2.26. The molecular weight excluding hydrogens is 332 g/mol. The third kappa shape index (κ3) is 5.13. The van der Waals surface area contributed by atoms with E-state index in [0.717, 1.165) is 0 Å². The van der Waals surface area contributed by atoms with Crippen LogP contribution in [0.25, 0.3) is 0 Å². The molecule has 4 N–H and O–H groups in total. The third-order valence-electron chi connectivity index (χ3n) is 3.47. The number of carbonyl (C=O) groups excluding carboxylic acids is 1. The summed E-state index contributed by atoms with van der Waals surface area (Å²) < 4.78 is 15.6. The van der Waals surface area contributed by atoms with Gasteiger partial charge in [-0.1, -0.05) is 26.0 Å². The van der Waals surface area contributed by atoms with Crippen LogP contribution in [0, 0.1) is 0 Å². The first-order valence-corrected chi connectivity index (χ1v) is 8.23. The Labute approximate surface area is 146 Å². The normalized spacial score (nSPS) is 28.5. The fourth-order valence-corrected chi connectivity index (χ4v) is 2.24. The van der Waals surface area contributed by atoms with Gasteiger partial charge >= 0.3 is 5.97 Å². The molecule has 3 unspecified atom stereocenters. The van der Waals surface area contributed by atoms with Crippen LogP contribution in [0.4, 0.5) is 0 Å². The second-order valence-corrected chi connectivity index (χ2v) is 5.03. The minimum absolute atomic E-state index is 0.0929. The highest BCUT2D eigenvalue weighted by Gasteiger charge is 2.45. The first-order chi connectivity index (χ1) is 12.0. The molecule has 1 heterocycles. The summed E-state index contributed by atoms with van der Waals surface area (Å²) in [5.74, 6) is -0.511. The summed E-state index contributed by atoms with van der Waals surface area (Å²) in [6, 6.07) is 6.19. The quantitative estimate of drug-likeness (QED) is 0.545. The van der Waals surface area contributed by atoms with E-state index in [1.807, 2.05) is 13.8 Å². The maximum absolute atomic E-state index is 11.9. The molecule has 1 aliphatic rings. The Hall–Kier alpha value is -1.71. The van der Waals surface area contributed by atoms with Crippen molar-refractivity contribution < 1.29 is 39.4 Å². The van der Waals surface area contributed by atoms with E-state index in [-0.39, 0.29) is 17.9 Å². The van der Waals surface area contributed by atoms with Crippen LogP contribution in [0.3, 0.4) is 0 Å². The lowest BCUT2D eigenvalue weighted by atomic mass is 9.99. The van der Waals surface area contributed by atoms with E-state index in [1.165, 1.54) is 12.1 Å². The zero-order chi connectivity index (χ0) is 19.0. The number of aliphatic hydroxyl groups excluding tert-OH is 4. The molecule has 1 aliphatic heterocycles. The maximum atomic E-state index is 11.9. The van der Waals surface area contributed by atoms with E-state index in [9.17, 15) is 20.1 Å². The van der Waals surface area contributed by atoms with Gasteiger partial charge in [0, 0.05) is 0 Å². The van der Waals surface area contributed by atoms with Crippen LogP contribution in [0.15, 0.2) is 24.3 Å². The van der Waals surface area contributed by atoms with Gasteiger partial charge in [-0.2, -0.15) is 0 Å². The molecule has 0 bridgehead atoms. The van der Waals surface area contributed by atoms with Crippen molar-refractivity contribution in [2.75, 3.05) is 13.2 Å². The highest BCUT2D eigenvalue weighted by molar-refractivity contribution is 5.92. The van der Waals surface area contributed by atoms with Crippen LogP contribution in [0.2, 0.25) is 0 Å². The molecule has 1 aromatic rings. The number of para-hydroxylation sites is 1. The lowest BCUT2D eigenvalue weighted by Crippen LogP contribution is -2.60. The van der Waals surface area contributed by atoms with Gasteiger partial charge in [0.2, 0.25) is 6.29 Å². The molecule has 0 saturated carbocycles. The largest absolute Gasteiger partial charge is 0.462 e. The topological polar surface area (TPSA) is 126 Å². The number of ether oxygens (including phenoxy) is 3. The standard InChI is InChI=1S/C15H20O8.C2H6/c1-2-21-14(20)8-5-3-4-6-9(8)22-15-13(19)12(18)11(17)10(7-16)23-15;1-2/h3-6,10-13,15-19H,2,7H2,1H3;1-2H3/t10?,11-,12?,13?,15+;/m1./s1. The van der Waals surface area contributed by atoms with Gasteiger partial charge < -0.3 is 34.6 Å². The van der Waals surface area contributed by atoms with E-state index in [2.05, 4.69) is 0 Å². The molecule has 0 aromatic heterocycles. The summed E-state index contributed by atoms with van der Waals surface area (Å²) >= 11 is 0. The van der Waals surface area contributed by atoms with Gasteiger partial charge in [-0.05, 0) is 19.1 Å². The van der Waals surface area contributed by atoms with E-state index < -0.39 is 43.3 Å². The van der Waals surface area contributed by atoms with Crippen molar-refractivity contribution in [2.45, 2.75) is 51.5 Å². The van der Waals surface area contributed by atoms with E-state index >= 15 is 0 Å². The van der Waals surface area contributed by atoms with Crippen LogP contribution in [0.1, 0.15) is 31.1 Å². The average molecular weight is 358 g/mol. The Bertz CT molecular complexity index is 533. The molecule has 8 nitrogen and oxygen atoms in total. The second kappa shape index (κ2) is 10.3. The molecule has 142 valence electrons. The monoisotopic (exact) mass is 358 g/mol. The first kappa shape index (κ1) is 21.3. The summed E-state index contributed by atoms with van der Waals surface area (Å²) in [6.45, 7) is 5.29. The molecule has 1 aromatic carbocycles. The number of benzene rings is 1. The predicted octanol–water partition coefficient (Wildman–Crippen LogP) is 0.0682. The Kier molecular flexibility index (Phi) is 8.81. The van der Waals surface area contributed by atoms with Crippen molar-refractivity contribution in [1.29, 1.82) is 0 Å². The van der Waals surface area contributed by atoms with Gasteiger partial charge in [0.25, 0.3) is 0 Å². The average Bonchev–Trinajstić information content (AvgIpc) is 2.64. The van der Waals surface area contributed by atoms with Crippen molar-refractivity contribution in [3.8, 4) is 5.75 Å². The Morgan fingerprint density at radius 2 is 1.76 bits per heavy atom. The zero-order valence-electron chi connectivity index (χ0n) is 14.5. The van der Waals surface area contributed by atoms with Crippen LogP contribution in [-0.4, -0.2) is 70.3 Å². The van der Waals surface area contributed by atoms with Crippen LogP contribution >= 0.6 is 0 Å². The molecule has 25 heavy (non-hydrogen) atoms. The molecule has 1 saturated heterocycles. The molecule has 0 amide bonds. The summed E-state index contributed by atoms with van der Waals surface area (Å²) in [5.41, 5.74) is 0.131. The number of esters is 1. The third-order valence-corrected chi connectivity index (χ3v) is 3.47. The van der Waals surface area contributed by atoms with Gasteiger partial charge in [-0.3, -0.25) is 0 Å². The minimum atomic E-state index is -1.55. The number of hydrogen-bond acceptors (Lipinski definition) is 8. The molecule has 8 heteroatoms. The molecule has 0 aliphatic carbocycles. The SMILES string of the molecule is CC.CCOC(=O)c1ccccc1O[C@H]1OC(CO)[C@@H](O)C(O)C1O. The van der Waals surface area contributed by atoms with E-state index in [4.69, 9.17) is 19.3 Å². The van der Waals surface area contributed by atoms with Gasteiger partial charge in [0.05, 0.1) is 13.2 Å². The van der Waals surface area contributed by atoms with Crippen LogP contribution < -0.4 is 4.74 Å². The summed E-state index contributed by atoms with van der Waals surface area (Å²) in [6.07, 6.45) is -7.03. The summed E-state index contributed by atoms with van der Waals surface area (Å²) in [4.78, 5) is 11.9. The molecule has 1 fully saturated rings. The Balaban J connectivity index is 0.00000151. The Morgan fingerprint density at radius 3 is 2.36 bits per heavy atom. The van der Waals surface area contributed by atoms with Gasteiger partial charge in [0.1, 0.15) is 35.7 Å². The van der Waals surface area contributed by atoms with Gasteiger partial charge in [0.15, 0.2) is 0 Å². The molecule has 5 atom stereocenters. The van der Waals surface area contributed by atoms with Crippen LogP contribution in [0.5, 0.6) is 5.75 Å². The van der Waals surface area contributed by atoms with Crippen molar-refractivity contribution in [3.63, 3.8) is 0 Å². The lowest BCUT2D eigenvalue weighted by Gasteiger charge is -2.39. The molecule has 0 radical (unpaired) electrons. The van der Waals surface area contributed by atoms with Gasteiger partial charge in [-0.25, -0.2) is 4.79 Å². The first-order valence-electron chi connectivity index (χ1n) is 8.23. The number of carbonyl (C=O) groups is 1. The minimum Gasteiger partial charge on any atom is -0.462 e. The van der Waals surface area contributed by atoms with Gasteiger partial charge in [-0.15, -0.1) is 0 Å². The van der Waals surface area contributed by atoms with Crippen LogP contribution in [-0.2, 0) is 9.47 Å². The fraction of sp³-hybridized carbons (Fsp3) is 0.588. The number of aliphatic hydroxyl groups is 4. The number of hydrogen-bond donors (Lipinski definition) is 4. The Morgan fingerprint density at radius 1 is 1.12 bits per heavy atom. The van der Waals surface area contributed by atoms with Crippen molar-refractivity contribution in [3.05, 3.63) is 29.8 Å². The van der Waals surface area contributed by atoms with Crippen molar-refractivity contribution in [2.24, 2.45) is 0 Å². The zero-order valence-corrected chi connectivity index (χ0v) is 14.5. The summed E-state index contributed by atoms with van der Waals surface area (Å²) in [5, 5.41) is 38.6.